The Hall–Kier alpha value is -1.75. The first kappa shape index (κ1) is 14.7. The number of carbonyl (C=O) groups excluding carboxylic acids is 2. The SMILES string of the molecule is O=C(CCC(=O)c1ccc(F)cc1)NCC1CCOC1. The summed E-state index contributed by atoms with van der Waals surface area (Å²) in [5, 5.41) is 2.81. The number of hydrogen-bond donors (Lipinski definition) is 1. The second-order valence-corrected chi connectivity index (χ2v) is 4.96. The minimum Gasteiger partial charge on any atom is -0.381 e. The number of ether oxygens (including phenoxy) is 1. The number of rotatable bonds is 6. The molecule has 1 N–H and O–H groups in total. The van der Waals surface area contributed by atoms with Crippen LogP contribution in [0.4, 0.5) is 4.39 Å². The van der Waals surface area contributed by atoms with Crippen LogP contribution in [-0.4, -0.2) is 31.4 Å². The maximum Gasteiger partial charge on any atom is 0.220 e. The fourth-order valence-electron chi connectivity index (χ4n) is 2.10. The van der Waals surface area contributed by atoms with Crippen molar-refractivity contribution in [1.82, 2.24) is 5.32 Å². The smallest absolute Gasteiger partial charge is 0.220 e. The molecular formula is C15H18FNO3. The van der Waals surface area contributed by atoms with Gasteiger partial charge in [-0.15, -0.1) is 0 Å². The predicted octanol–water partition coefficient (Wildman–Crippen LogP) is 1.94. The predicted molar refractivity (Wildman–Crippen MR) is 71.9 cm³/mol. The lowest BCUT2D eigenvalue weighted by molar-refractivity contribution is -0.121. The monoisotopic (exact) mass is 279 g/mol. The molecule has 5 heteroatoms. The van der Waals surface area contributed by atoms with Gasteiger partial charge in [-0.2, -0.15) is 0 Å². The van der Waals surface area contributed by atoms with Gasteiger partial charge in [0.25, 0.3) is 0 Å². The standard InChI is InChI=1S/C15H18FNO3/c16-13-3-1-12(2-4-13)14(18)5-6-15(19)17-9-11-7-8-20-10-11/h1-4,11H,5-10H2,(H,17,19). The van der Waals surface area contributed by atoms with E-state index in [1.165, 1.54) is 24.3 Å². The summed E-state index contributed by atoms with van der Waals surface area (Å²) < 4.78 is 17.9. The van der Waals surface area contributed by atoms with Crippen molar-refractivity contribution in [3.05, 3.63) is 35.6 Å². The van der Waals surface area contributed by atoms with Gasteiger partial charge >= 0.3 is 0 Å². The van der Waals surface area contributed by atoms with E-state index in [2.05, 4.69) is 5.32 Å². The average molecular weight is 279 g/mol. The molecule has 20 heavy (non-hydrogen) atoms. The number of Topliss-reactive ketones (excluding diaryl/α,β-unsaturated/α-hetero) is 1. The Morgan fingerprint density at radius 1 is 1.25 bits per heavy atom. The molecule has 1 fully saturated rings. The molecule has 1 heterocycles. The molecule has 0 aromatic heterocycles. The molecule has 0 bridgehead atoms. The quantitative estimate of drug-likeness (QED) is 0.810. The van der Waals surface area contributed by atoms with E-state index in [0.29, 0.717) is 24.6 Å². The van der Waals surface area contributed by atoms with Crippen molar-refractivity contribution in [1.29, 1.82) is 0 Å². The molecule has 0 saturated carbocycles. The van der Waals surface area contributed by atoms with Crippen molar-refractivity contribution in [2.45, 2.75) is 19.3 Å². The molecule has 1 aliphatic heterocycles. The second kappa shape index (κ2) is 7.14. The van der Waals surface area contributed by atoms with Gasteiger partial charge in [0, 0.05) is 37.5 Å². The molecule has 1 unspecified atom stereocenters. The summed E-state index contributed by atoms with van der Waals surface area (Å²) in [4.78, 5) is 23.4. The third-order valence-corrected chi connectivity index (χ3v) is 3.36. The average Bonchev–Trinajstić information content (AvgIpc) is 2.96. The first-order chi connectivity index (χ1) is 9.65. The van der Waals surface area contributed by atoms with Crippen molar-refractivity contribution in [2.75, 3.05) is 19.8 Å². The van der Waals surface area contributed by atoms with Crippen molar-refractivity contribution in [2.24, 2.45) is 5.92 Å². The number of ketones is 1. The number of amides is 1. The topological polar surface area (TPSA) is 55.4 Å². The van der Waals surface area contributed by atoms with Crippen LogP contribution < -0.4 is 5.32 Å². The van der Waals surface area contributed by atoms with Gasteiger partial charge in [0.15, 0.2) is 5.78 Å². The molecule has 1 atom stereocenters. The Morgan fingerprint density at radius 2 is 2.00 bits per heavy atom. The van der Waals surface area contributed by atoms with Gasteiger partial charge in [-0.05, 0) is 30.7 Å². The first-order valence-electron chi connectivity index (χ1n) is 6.78. The molecule has 1 aromatic rings. The summed E-state index contributed by atoms with van der Waals surface area (Å²) in [6.45, 7) is 2.04. The third-order valence-electron chi connectivity index (χ3n) is 3.36. The van der Waals surface area contributed by atoms with E-state index >= 15 is 0 Å². The van der Waals surface area contributed by atoms with E-state index in [4.69, 9.17) is 4.74 Å². The van der Waals surface area contributed by atoms with Crippen molar-refractivity contribution >= 4 is 11.7 Å². The molecule has 108 valence electrons. The number of carbonyl (C=O) groups is 2. The number of nitrogens with one attached hydrogen (secondary N) is 1. The van der Waals surface area contributed by atoms with Crippen LogP contribution in [0.5, 0.6) is 0 Å². The maximum absolute atomic E-state index is 12.7. The van der Waals surface area contributed by atoms with Gasteiger partial charge in [0.1, 0.15) is 5.82 Å². The minimum absolute atomic E-state index is 0.132. The highest BCUT2D eigenvalue weighted by Gasteiger charge is 2.16. The summed E-state index contributed by atoms with van der Waals surface area (Å²) in [5.41, 5.74) is 0.434. The van der Waals surface area contributed by atoms with Crippen LogP contribution >= 0.6 is 0 Å². The zero-order valence-electron chi connectivity index (χ0n) is 11.2. The van der Waals surface area contributed by atoms with E-state index in [1.807, 2.05) is 0 Å². The number of benzene rings is 1. The van der Waals surface area contributed by atoms with E-state index in [1.54, 1.807) is 0 Å². The Balaban J connectivity index is 1.69. The zero-order valence-corrected chi connectivity index (χ0v) is 11.2. The minimum atomic E-state index is -0.377. The molecule has 0 aliphatic carbocycles. The number of halogens is 1. The normalized spacial score (nSPS) is 17.9. The summed E-state index contributed by atoms with van der Waals surface area (Å²) in [7, 11) is 0. The lowest BCUT2D eigenvalue weighted by Gasteiger charge is -2.09. The van der Waals surface area contributed by atoms with Gasteiger partial charge in [0.05, 0.1) is 6.61 Å². The molecule has 4 nitrogen and oxygen atoms in total. The van der Waals surface area contributed by atoms with E-state index in [0.717, 1.165) is 13.0 Å². The van der Waals surface area contributed by atoms with Crippen LogP contribution in [-0.2, 0) is 9.53 Å². The van der Waals surface area contributed by atoms with Crippen LogP contribution in [0, 0.1) is 11.7 Å². The summed E-state index contributed by atoms with van der Waals surface area (Å²) in [6.07, 6.45) is 1.26. The summed E-state index contributed by atoms with van der Waals surface area (Å²) >= 11 is 0. The maximum atomic E-state index is 12.7. The van der Waals surface area contributed by atoms with Gasteiger partial charge in [0.2, 0.25) is 5.91 Å². The van der Waals surface area contributed by atoms with Crippen LogP contribution in [0.2, 0.25) is 0 Å². The number of hydrogen-bond acceptors (Lipinski definition) is 3. The largest absolute Gasteiger partial charge is 0.381 e. The van der Waals surface area contributed by atoms with Crippen LogP contribution in [0.1, 0.15) is 29.6 Å². The molecule has 1 aromatic carbocycles. The zero-order chi connectivity index (χ0) is 14.4. The molecule has 1 saturated heterocycles. The molecular weight excluding hydrogens is 261 g/mol. The van der Waals surface area contributed by atoms with E-state index < -0.39 is 0 Å². The molecule has 0 spiro atoms. The van der Waals surface area contributed by atoms with Gasteiger partial charge < -0.3 is 10.1 Å². The van der Waals surface area contributed by atoms with Gasteiger partial charge in [-0.3, -0.25) is 9.59 Å². The Kier molecular flexibility index (Phi) is 5.24. The van der Waals surface area contributed by atoms with Crippen molar-refractivity contribution < 1.29 is 18.7 Å². The highest BCUT2D eigenvalue weighted by atomic mass is 19.1. The molecule has 1 amide bonds. The molecule has 1 aliphatic rings. The summed E-state index contributed by atoms with van der Waals surface area (Å²) in [5.74, 6) is -0.276. The lowest BCUT2D eigenvalue weighted by Crippen LogP contribution is -2.29. The fourth-order valence-corrected chi connectivity index (χ4v) is 2.10. The van der Waals surface area contributed by atoms with Gasteiger partial charge in [-0.1, -0.05) is 0 Å². The Labute approximate surface area is 117 Å². The fraction of sp³-hybridized carbons (Fsp3) is 0.467. The van der Waals surface area contributed by atoms with Crippen molar-refractivity contribution in [3.8, 4) is 0 Å². The third kappa shape index (κ3) is 4.42. The highest BCUT2D eigenvalue weighted by molar-refractivity contribution is 5.97. The second-order valence-electron chi connectivity index (χ2n) is 4.96. The Bertz CT molecular complexity index is 467. The summed E-state index contributed by atoms with van der Waals surface area (Å²) in [6, 6.07) is 5.36. The van der Waals surface area contributed by atoms with Crippen molar-refractivity contribution in [3.63, 3.8) is 0 Å². The molecule has 0 radical (unpaired) electrons. The lowest BCUT2D eigenvalue weighted by atomic mass is 10.1. The van der Waals surface area contributed by atoms with E-state index in [-0.39, 0.29) is 30.3 Å². The van der Waals surface area contributed by atoms with E-state index in [9.17, 15) is 14.0 Å². The first-order valence-corrected chi connectivity index (χ1v) is 6.78. The van der Waals surface area contributed by atoms with Crippen LogP contribution in [0.3, 0.4) is 0 Å². The van der Waals surface area contributed by atoms with Crippen LogP contribution in [0.15, 0.2) is 24.3 Å². The molecule has 2 rings (SSSR count). The van der Waals surface area contributed by atoms with Crippen LogP contribution in [0.25, 0.3) is 0 Å². The van der Waals surface area contributed by atoms with Gasteiger partial charge in [-0.25, -0.2) is 4.39 Å². The Morgan fingerprint density at radius 3 is 2.65 bits per heavy atom. The highest BCUT2D eigenvalue weighted by Crippen LogP contribution is 2.11.